The molecule has 32 heavy (non-hydrogen) atoms. The highest BCUT2D eigenvalue weighted by Gasteiger charge is 2.27. The number of carbonyl (C=O) groups excluding carboxylic acids is 1. The summed E-state index contributed by atoms with van der Waals surface area (Å²) < 4.78 is 26.8. The van der Waals surface area contributed by atoms with Crippen molar-refractivity contribution < 1.29 is 13.6 Å². The zero-order valence-electron chi connectivity index (χ0n) is 18.2. The van der Waals surface area contributed by atoms with Crippen molar-refractivity contribution in [2.75, 3.05) is 13.1 Å². The molecule has 2 aromatic carbocycles. The lowest BCUT2D eigenvalue weighted by atomic mass is 9.89. The molecule has 164 valence electrons. The first-order valence-corrected chi connectivity index (χ1v) is 10.7. The van der Waals surface area contributed by atoms with Gasteiger partial charge in [-0.2, -0.15) is 0 Å². The maximum absolute atomic E-state index is 13.4. The lowest BCUT2D eigenvalue weighted by molar-refractivity contribution is -0.127. The van der Waals surface area contributed by atoms with Crippen molar-refractivity contribution in [3.8, 4) is 11.1 Å². The van der Waals surface area contributed by atoms with Crippen molar-refractivity contribution in [3.05, 3.63) is 89.0 Å². The maximum atomic E-state index is 13.4. The van der Waals surface area contributed by atoms with Gasteiger partial charge in [0.2, 0.25) is 5.91 Å². The standard InChI is InChI=1S/C26H25F2N3O/c1-17-5-3-6-20(11-17)24-15-29-18(2)30-26(24)21-7-4-10-31(16-21)25(32)9-8-19-12-22(27)14-23(28)13-19/h3,5-6,8-9,11-15,21H,4,7,10,16H2,1-2H3/b9-8+. The van der Waals surface area contributed by atoms with Crippen LogP contribution < -0.4 is 0 Å². The Bertz CT molecular complexity index is 1160. The number of hydrogen-bond acceptors (Lipinski definition) is 3. The molecule has 2 heterocycles. The summed E-state index contributed by atoms with van der Waals surface area (Å²) in [7, 11) is 0. The average Bonchev–Trinajstić information content (AvgIpc) is 2.77. The predicted octanol–water partition coefficient (Wildman–Crippen LogP) is 5.46. The summed E-state index contributed by atoms with van der Waals surface area (Å²) in [5.41, 5.74) is 4.49. The van der Waals surface area contributed by atoms with Gasteiger partial charge in [0.25, 0.3) is 0 Å². The second-order valence-corrected chi connectivity index (χ2v) is 8.25. The predicted molar refractivity (Wildman–Crippen MR) is 121 cm³/mol. The zero-order chi connectivity index (χ0) is 22.7. The highest BCUT2D eigenvalue weighted by molar-refractivity contribution is 5.92. The number of benzene rings is 2. The van der Waals surface area contributed by atoms with Crippen LogP contribution in [0.3, 0.4) is 0 Å². The van der Waals surface area contributed by atoms with Gasteiger partial charge in [-0.05, 0) is 56.0 Å². The van der Waals surface area contributed by atoms with Crippen LogP contribution in [0.2, 0.25) is 0 Å². The molecule has 1 aliphatic rings. The lowest BCUT2D eigenvalue weighted by Crippen LogP contribution is -2.38. The molecule has 1 aliphatic heterocycles. The van der Waals surface area contributed by atoms with Crippen LogP contribution in [0.1, 0.15) is 41.4 Å². The van der Waals surface area contributed by atoms with Gasteiger partial charge in [0.1, 0.15) is 17.5 Å². The van der Waals surface area contributed by atoms with E-state index in [9.17, 15) is 13.6 Å². The first-order chi connectivity index (χ1) is 15.4. The van der Waals surface area contributed by atoms with Crippen molar-refractivity contribution in [2.45, 2.75) is 32.6 Å². The van der Waals surface area contributed by atoms with Gasteiger partial charge in [0.15, 0.2) is 0 Å². The summed E-state index contributed by atoms with van der Waals surface area (Å²) in [6, 6.07) is 11.4. The number of piperidine rings is 1. The van der Waals surface area contributed by atoms with Gasteiger partial charge < -0.3 is 4.90 Å². The summed E-state index contributed by atoms with van der Waals surface area (Å²) in [6.45, 7) is 5.10. The van der Waals surface area contributed by atoms with E-state index < -0.39 is 11.6 Å². The second kappa shape index (κ2) is 9.39. The molecule has 1 saturated heterocycles. The van der Waals surface area contributed by atoms with Crippen molar-refractivity contribution in [1.29, 1.82) is 0 Å². The van der Waals surface area contributed by atoms with Crippen LogP contribution in [-0.4, -0.2) is 33.9 Å². The minimum atomic E-state index is -0.669. The molecule has 0 N–H and O–H groups in total. The van der Waals surface area contributed by atoms with Crippen LogP contribution in [0, 0.1) is 25.5 Å². The fraction of sp³-hybridized carbons (Fsp3) is 0.269. The topological polar surface area (TPSA) is 46.1 Å². The summed E-state index contributed by atoms with van der Waals surface area (Å²) in [5, 5.41) is 0. The Labute approximate surface area is 186 Å². The fourth-order valence-electron chi connectivity index (χ4n) is 4.18. The molecule has 0 bridgehead atoms. The third kappa shape index (κ3) is 5.07. The number of hydrogen-bond donors (Lipinski definition) is 0. The Hall–Kier alpha value is -3.41. The van der Waals surface area contributed by atoms with E-state index in [2.05, 4.69) is 30.1 Å². The number of aryl methyl sites for hydroxylation is 2. The molecule has 6 heteroatoms. The van der Waals surface area contributed by atoms with Gasteiger partial charge in [-0.1, -0.05) is 29.8 Å². The van der Waals surface area contributed by atoms with E-state index >= 15 is 0 Å². The monoisotopic (exact) mass is 433 g/mol. The van der Waals surface area contributed by atoms with Crippen LogP contribution in [0.15, 0.2) is 54.7 Å². The van der Waals surface area contributed by atoms with Crippen molar-refractivity contribution >= 4 is 12.0 Å². The highest BCUT2D eigenvalue weighted by atomic mass is 19.1. The van der Waals surface area contributed by atoms with Gasteiger partial charge in [0.05, 0.1) is 5.69 Å². The van der Waals surface area contributed by atoms with E-state index in [1.165, 1.54) is 24.3 Å². The number of halogens is 2. The Morgan fingerprint density at radius 3 is 2.66 bits per heavy atom. The molecule has 0 radical (unpaired) electrons. The molecule has 1 aromatic heterocycles. The fourth-order valence-corrected chi connectivity index (χ4v) is 4.18. The van der Waals surface area contributed by atoms with E-state index in [1.54, 1.807) is 4.90 Å². The van der Waals surface area contributed by atoms with E-state index in [1.807, 2.05) is 19.2 Å². The lowest BCUT2D eigenvalue weighted by Gasteiger charge is -2.32. The SMILES string of the molecule is Cc1cccc(-c2cnc(C)nc2C2CCCN(C(=O)/C=C/c3cc(F)cc(F)c3)C2)c1. The molecule has 3 aromatic rings. The molecule has 1 amide bonds. The smallest absolute Gasteiger partial charge is 0.246 e. The third-order valence-corrected chi connectivity index (χ3v) is 5.69. The number of rotatable bonds is 4. The quantitative estimate of drug-likeness (QED) is 0.514. The molecule has 4 rings (SSSR count). The van der Waals surface area contributed by atoms with E-state index in [-0.39, 0.29) is 11.8 Å². The normalized spacial score (nSPS) is 16.5. The van der Waals surface area contributed by atoms with Crippen LogP contribution in [-0.2, 0) is 4.79 Å². The Balaban J connectivity index is 1.56. The number of amides is 1. The molecule has 1 fully saturated rings. The third-order valence-electron chi connectivity index (χ3n) is 5.69. The summed E-state index contributed by atoms with van der Waals surface area (Å²) >= 11 is 0. The summed E-state index contributed by atoms with van der Waals surface area (Å²) in [6.07, 6.45) is 6.48. The molecular formula is C26H25F2N3O. The second-order valence-electron chi connectivity index (χ2n) is 8.25. The summed E-state index contributed by atoms with van der Waals surface area (Å²) in [5.74, 6) is -0.726. The number of likely N-dealkylation sites (tertiary alicyclic amines) is 1. The average molecular weight is 434 g/mol. The van der Waals surface area contributed by atoms with Gasteiger partial charge in [-0.15, -0.1) is 0 Å². The van der Waals surface area contributed by atoms with Gasteiger partial charge in [-0.3, -0.25) is 4.79 Å². The molecule has 0 spiro atoms. The van der Waals surface area contributed by atoms with Crippen LogP contribution in [0.4, 0.5) is 8.78 Å². The number of aromatic nitrogens is 2. The molecule has 0 saturated carbocycles. The first kappa shape index (κ1) is 21.8. The van der Waals surface area contributed by atoms with Crippen LogP contribution in [0.5, 0.6) is 0 Å². The zero-order valence-corrected chi connectivity index (χ0v) is 18.2. The van der Waals surface area contributed by atoms with Crippen molar-refractivity contribution in [2.24, 2.45) is 0 Å². The largest absolute Gasteiger partial charge is 0.338 e. The minimum Gasteiger partial charge on any atom is -0.338 e. The van der Waals surface area contributed by atoms with E-state index in [4.69, 9.17) is 4.98 Å². The molecule has 0 aliphatic carbocycles. The van der Waals surface area contributed by atoms with Gasteiger partial charge >= 0.3 is 0 Å². The van der Waals surface area contributed by atoms with Crippen LogP contribution >= 0.6 is 0 Å². The molecule has 4 nitrogen and oxygen atoms in total. The Morgan fingerprint density at radius 2 is 1.91 bits per heavy atom. The van der Waals surface area contributed by atoms with E-state index in [0.717, 1.165) is 41.3 Å². The molecule has 1 atom stereocenters. The first-order valence-electron chi connectivity index (χ1n) is 10.7. The minimum absolute atomic E-state index is 0.0879. The highest BCUT2D eigenvalue weighted by Crippen LogP contribution is 2.33. The van der Waals surface area contributed by atoms with Crippen molar-refractivity contribution in [1.82, 2.24) is 14.9 Å². The maximum Gasteiger partial charge on any atom is 0.246 e. The Morgan fingerprint density at radius 1 is 1.12 bits per heavy atom. The molecule has 1 unspecified atom stereocenters. The summed E-state index contributed by atoms with van der Waals surface area (Å²) in [4.78, 5) is 23.7. The Kier molecular flexibility index (Phi) is 6.40. The van der Waals surface area contributed by atoms with Crippen LogP contribution in [0.25, 0.3) is 17.2 Å². The van der Waals surface area contributed by atoms with Gasteiger partial charge in [-0.25, -0.2) is 18.7 Å². The van der Waals surface area contributed by atoms with Crippen molar-refractivity contribution in [3.63, 3.8) is 0 Å². The number of nitrogens with zero attached hydrogens (tertiary/aromatic N) is 3. The van der Waals surface area contributed by atoms with Gasteiger partial charge in [0, 0.05) is 42.9 Å². The number of carbonyl (C=O) groups is 1. The molecular weight excluding hydrogens is 408 g/mol. The van der Waals surface area contributed by atoms with E-state index in [0.29, 0.717) is 24.5 Å².